The molecule has 0 amide bonds. The molecule has 0 radical (unpaired) electrons. The number of hydrogen-bond donors (Lipinski definition) is 1. The third-order valence-corrected chi connectivity index (χ3v) is 4.51. The highest BCUT2D eigenvalue weighted by atomic mass is 16.5. The van der Waals surface area contributed by atoms with Crippen molar-refractivity contribution in [2.45, 2.75) is 46.2 Å². The van der Waals surface area contributed by atoms with Crippen LogP contribution in [0.2, 0.25) is 0 Å². The number of nitrogens with two attached hydrogens (primary N) is 1. The lowest BCUT2D eigenvalue weighted by Gasteiger charge is -2.38. The lowest BCUT2D eigenvalue weighted by Crippen LogP contribution is -2.45. The molecular formula is C18H28N2O2. The van der Waals surface area contributed by atoms with E-state index in [0.29, 0.717) is 19.2 Å². The summed E-state index contributed by atoms with van der Waals surface area (Å²) < 4.78 is 5.73. The second-order valence-corrected chi connectivity index (χ2v) is 6.30. The van der Waals surface area contributed by atoms with Crippen LogP contribution in [0.5, 0.6) is 5.75 Å². The zero-order valence-electron chi connectivity index (χ0n) is 14.0. The fourth-order valence-electron chi connectivity index (χ4n) is 3.19. The van der Waals surface area contributed by atoms with Gasteiger partial charge in [-0.3, -0.25) is 9.69 Å². The SMILES string of the molecule is CCOc1ccc(C(C)=O)cc1CN1CCC(C)CC1CN. The van der Waals surface area contributed by atoms with Gasteiger partial charge in [0.15, 0.2) is 5.78 Å². The van der Waals surface area contributed by atoms with E-state index in [2.05, 4.69) is 11.8 Å². The minimum atomic E-state index is 0.0898. The number of hydrogen-bond acceptors (Lipinski definition) is 4. The first-order valence-electron chi connectivity index (χ1n) is 8.25. The first-order chi connectivity index (χ1) is 10.5. The second-order valence-electron chi connectivity index (χ2n) is 6.30. The fraction of sp³-hybridized carbons (Fsp3) is 0.611. The molecule has 1 aromatic rings. The van der Waals surface area contributed by atoms with Crippen LogP contribution < -0.4 is 10.5 Å². The van der Waals surface area contributed by atoms with Crippen LogP contribution in [0.15, 0.2) is 18.2 Å². The van der Waals surface area contributed by atoms with E-state index in [1.54, 1.807) is 6.92 Å². The molecule has 0 bridgehead atoms. The summed E-state index contributed by atoms with van der Waals surface area (Å²) in [6.45, 7) is 9.04. The molecule has 1 saturated heterocycles. The molecule has 0 spiro atoms. The highest BCUT2D eigenvalue weighted by Crippen LogP contribution is 2.27. The number of carbonyl (C=O) groups is 1. The molecule has 4 nitrogen and oxygen atoms in total. The van der Waals surface area contributed by atoms with Crippen molar-refractivity contribution in [3.8, 4) is 5.75 Å². The standard InChI is InChI=1S/C18H28N2O2/c1-4-22-18-6-5-15(14(3)21)10-16(18)12-20-8-7-13(2)9-17(20)11-19/h5-6,10,13,17H,4,7-9,11-12,19H2,1-3H3. The first kappa shape index (κ1) is 17.0. The predicted octanol–water partition coefficient (Wildman–Crippen LogP) is 2.85. The van der Waals surface area contributed by atoms with Crippen LogP contribution in [0.3, 0.4) is 0 Å². The molecule has 2 unspecified atom stereocenters. The largest absolute Gasteiger partial charge is 0.494 e. The van der Waals surface area contributed by atoms with Crippen LogP contribution in [0.1, 0.15) is 49.5 Å². The molecule has 1 aliphatic heterocycles. The number of rotatable bonds is 6. The molecule has 1 heterocycles. The molecule has 122 valence electrons. The molecule has 2 atom stereocenters. The second kappa shape index (κ2) is 7.75. The summed E-state index contributed by atoms with van der Waals surface area (Å²) in [5.41, 5.74) is 7.79. The third kappa shape index (κ3) is 4.08. The molecule has 4 heteroatoms. The van der Waals surface area contributed by atoms with Crippen LogP contribution in [0.25, 0.3) is 0 Å². The van der Waals surface area contributed by atoms with Gasteiger partial charge in [0.25, 0.3) is 0 Å². The molecule has 1 aliphatic rings. The predicted molar refractivity (Wildman–Crippen MR) is 89.3 cm³/mol. The number of ketones is 1. The summed E-state index contributed by atoms with van der Waals surface area (Å²) in [7, 11) is 0. The number of ether oxygens (including phenoxy) is 1. The van der Waals surface area contributed by atoms with Crippen molar-refractivity contribution in [3.05, 3.63) is 29.3 Å². The normalized spacial score (nSPS) is 22.5. The van der Waals surface area contributed by atoms with Crippen molar-refractivity contribution >= 4 is 5.78 Å². The Kier molecular flexibility index (Phi) is 5.98. The van der Waals surface area contributed by atoms with Gasteiger partial charge in [-0.15, -0.1) is 0 Å². The van der Waals surface area contributed by atoms with E-state index < -0.39 is 0 Å². The summed E-state index contributed by atoms with van der Waals surface area (Å²) >= 11 is 0. The van der Waals surface area contributed by atoms with Gasteiger partial charge in [-0.25, -0.2) is 0 Å². The molecule has 0 aliphatic carbocycles. The Morgan fingerprint density at radius 2 is 2.23 bits per heavy atom. The van der Waals surface area contributed by atoms with Gasteiger partial charge in [0.2, 0.25) is 0 Å². The van der Waals surface area contributed by atoms with Gasteiger partial charge in [0.05, 0.1) is 6.61 Å². The van der Waals surface area contributed by atoms with E-state index in [4.69, 9.17) is 10.5 Å². The Morgan fingerprint density at radius 3 is 2.86 bits per heavy atom. The van der Waals surface area contributed by atoms with Crippen LogP contribution in [0.4, 0.5) is 0 Å². The molecule has 0 aromatic heterocycles. The zero-order valence-corrected chi connectivity index (χ0v) is 14.0. The van der Waals surface area contributed by atoms with E-state index >= 15 is 0 Å². The number of carbonyl (C=O) groups excluding carboxylic acids is 1. The number of likely N-dealkylation sites (tertiary alicyclic amines) is 1. The third-order valence-electron chi connectivity index (χ3n) is 4.51. The Morgan fingerprint density at radius 1 is 1.45 bits per heavy atom. The van der Waals surface area contributed by atoms with E-state index in [1.165, 1.54) is 6.42 Å². The van der Waals surface area contributed by atoms with Crippen LogP contribution in [0, 0.1) is 5.92 Å². The highest BCUT2D eigenvalue weighted by molar-refractivity contribution is 5.94. The maximum atomic E-state index is 11.6. The number of benzene rings is 1. The van der Waals surface area contributed by atoms with Gasteiger partial charge in [-0.2, -0.15) is 0 Å². The van der Waals surface area contributed by atoms with Gasteiger partial charge >= 0.3 is 0 Å². The van der Waals surface area contributed by atoms with Crippen molar-refractivity contribution in [2.75, 3.05) is 19.7 Å². The van der Waals surface area contributed by atoms with E-state index in [-0.39, 0.29) is 5.78 Å². The minimum absolute atomic E-state index is 0.0898. The van der Waals surface area contributed by atoms with Gasteiger partial charge in [-0.1, -0.05) is 6.92 Å². The molecule has 1 fully saturated rings. The van der Waals surface area contributed by atoms with Crippen molar-refractivity contribution in [3.63, 3.8) is 0 Å². The maximum Gasteiger partial charge on any atom is 0.159 e. The highest BCUT2D eigenvalue weighted by Gasteiger charge is 2.26. The molecule has 0 saturated carbocycles. The van der Waals surface area contributed by atoms with Crippen LogP contribution >= 0.6 is 0 Å². The Balaban J connectivity index is 2.22. The van der Waals surface area contributed by atoms with Crippen molar-refractivity contribution in [2.24, 2.45) is 11.7 Å². The quantitative estimate of drug-likeness (QED) is 0.821. The van der Waals surface area contributed by atoms with Crippen molar-refractivity contribution in [1.82, 2.24) is 4.90 Å². The fourth-order valence-corrected chi connectivity index (χ4v) is 3.19. The van der Waals surface area contributed by atoms with E-state index in [1.807, 2.05) is 25.1 Å². The maximum absolute atomic E-state index is 11.6. The Hall–Kier alpha value is -1.39. The van der Waals surface area contributed by atoms with E-state index in [9.17, 15) is 4.79 Å². The molecular weight excluding hydrogens is 276 g/mol. The lowest BCUT2D eigenvalue weighted by molar-refractivity contribution is 0.101. The average molecular weight is 304 g/mol. The van der Waals surface area contributed by atoms with Crippen molar-refractivity contribution in [1.29, 1.82) is 0 Å². The summed E-state index contributed by atoms with van der Waals surface area (Å²) in [6, 6.07) is 6.15. The van der Waals surface area contributed by atoms with Gasteiger partial charge < -0.3 is 10.5 Å². The number of nitrogens with zero attached hydrogens (tertiary/aromatic N) is 1. The summed E-state index contributed by atoms with van der Waals surface area (Å²) in [5, 5.41) is 0. The van der Waals surface area contributed by atoms with Crippen molar-refractivity contribution < 1.29 is 9.53 Å². The molecule has 1 aromatic carbocycles. The number of piperidine rings is 1. The monoisotopic (exact) mass is 304 g/mol. The first-order valence-corrected chi connectivity index (χ1v) is 8.25. The molecule has 2 N–H and O–H groups in total. The zero-order chi connectivity index (χ0) is 16.1. The summed E-state index contributed by atoms with van der Waals surface area (Å²) in [5.74, 6) is 1.70. The number of Topliss-reactive ketones (excluding diaryl/α,β-unsaturated/α-hetero) is 1. The minimum Gasteiger partial charge on any atom is -0.494 e. The Bertz CT molecular complexity index is 516. The lowest BCUT2D eigenvalue weighted by atomic mass is 9.92. The topological polar surface area (TPSA) is 55.6 Å². The average Bonchev–Trinajstić information content (AvgIpc) is 2.50. The van der Waals surface area contributed by atoms with Crippen LogP contribution in [-0.4, -0.2) is 36.4 Å². The Labute approximate surface area is 133 Å². The summed E-state index contributed by atoms with van der Waals surface area (Å²) in [6.07, 6.45) is 2.35. The van der Waals surface area contributed by atoms with Gasteiger partial charge in [0.1, 0.15) is 5.75 Å². The van der Waals surface area contributed by atoms with Crippen LogP contribution in [-0.2, 0) is 6.54 Å². The smallest absolute Gasteiger partial charge is 0.159 e. The van der Waals surface area contributed by atoms with E-state index in [0.717, 1.165) is 42.3 Å². The van der Waals surface area contributed by atoms with Gasteiger partial charge in [0, 0.05) is 30.3 Å². The van der Waals surface area contributed by atoms with Gasteiger partial charge in [-0.05, 0) is 57.4 Å². The summed E-state index contributed by atoms with van der Waals surface area (Å²) in [4.78, 5) is 14.1. The molecule has 2 rings (SSSR count). The molecule has 22 heavy (non-hydrogen) atoms.